The first kappa shape index (κ1) is 21.0. The lowest BCUT2D eigenvalue weighted by Gasteiger charge is -2.12. The van der Waals surface area contributed by atoms with E-state index in [1.165, 1.54) is 17.9 Å². The van der Waals surface area contributed by atoms with Gasteiger partial charge in [-0.2, -0.15) is 0 Å². The number of ether oxygens (including phenoxy) is 1. The van der Waals surface area contributed by atoms with Crippen LogP contribution in [0.15, 0.2) is 89.8 Å². The summed E-state index contributed by atoms with van der Waals surface area (Å²) in [5.74, 6) is -0.860. The van der Waals surface area contributed by atoms with Crippen LogP contribution in [0, 0.1) is 0 Å². The number of hydrogen-bond donors (Lipinski definition) is 2. The van der Waals surface area contributed by atoms with Crippen LogP contribution in [-0.4, -0.2) is 37.8 Å². The number of carbonyl (C=O) groups is 1. The van der Waals surface area contributed by atoms with Crippen molar-refractivity contribution in [1.82, 2.24) is 14.7 Å². The number of hydrogen-bond acceptors (Lipinski definition) is 7. The number of benzene rings is 2. The summed E-state index contributed by atoms with van der Waals surface area (Å²) in [6.07, 6.45) is 3.06. The molecule has 3 aromatic heterocycles. The number of ketones is 1. The van der Waals surface area contributed by atoms with Gasteiger partial charge in [-0.3, -0.25) is 14.3 Å². The van der Waals surface area contributed by atoms with E-state index < -0.39 is 17.4 Å². The Hall–Kier alpha value is -4.85. The van der Waals surface area contributed by atoms with Crippen molar-refractivity contribution >= 4 is 5.78 Å². The summed E-state index contributed by atoms with van der Waals surface area (Å²) >= 11 is 0. The quantitative estimate of drug-likeness (QED) is 0.354. The monoisotopic (exact) mass is 453 g/mol. The Morgan fingerprint density at radius 1 is 0.941 bits per heavy atom. The van der Waals surface area contributed by atoms with Gasteiger partial charge in [0.1, 0.15) is 17.7 Å². The van der Waals surface area contributed by atoms with Gasteiger partial charge < -0.3 is 19.5 Å². The Morgan fingerprint density at radius 2 is 1.71 bits per heavy atom. The lowest BCUT2D eigenvalue weighted by Crippen LogP contribution is -2.05. The molecule has 3 heterocycles. The third-order valence-electron chi connectivity index (χ3n) is 5.47. The van der Waals surface area contributed by atoms with Gasteiger partial charge >= 0.3 is 0 Å². The van der Waals surface area contributed by atoms with Gasteiger partial charge in [-0.05, 0) is 48.5 Å². The van der Waals surface area contributed by atoms with E-state index in [1.807, 2.05) is 0 Å². The van der Waals surface area contributed by atoms with Crippen LogP contribution in [0.1, 0.15) is 15.9 Å². The molecule has 0 saturated carbocycles. The van der Waals surface area contributed by atoms with Gasteiger partial charge in [0.15, 0.2) is 11.5 Å². The molecule has 2 aromatic carbocycles. The summed E-state index contributed by atoms with van der Waals surface area (Å²) < 4.78 is 11.5. The van der Waals surface area contributed by atoms with Crippen LogP contribution < -0.4 is 4.74 Å². The first-order valence-electron chi connectivity index (χ1n) is 10.4. The second-order valence-corrected chi connectivity index (χ2v) is 7.44. The van der Waals surface area contributed by atoms with E-state index in [9.17, 15) is 15.0 Å². The van der Waals surface area contributed by atoms with Crippen molar-refractivity contribution in [2.24, 2.45) is 0 Å². The van der Waals surface area contributed by atoms with E-state index in [4.69, 9.17) is 9.26 Å². The van der Waals surface area contributed by atoms with E-state index in [0.717, 1.165) is 5.56 Å². The van der Waals surface area contributed by atoms with Gasteiger partial charge in [-0.25, -0.2) is 0 Å². The van der Waals surface area contributed by atoms with Gasteiger partial charge in [-0.15, -0.1) is 0 Å². The van der Waals surface area contributed by atoms with E-state index in [2.05, 4.69) is 10.1 Å². The van der Waals surface area contributed by atoms with Crippen LogP contribution in [0.25, 0.3) is 28.3 Å². The fourth-order valence-electron chi connectivity index (χ4n) is 3.79. The first-order chi connectivity index (χ1) is 16.6. The molecule has 0 spiro atoms. The third-order valence-corrected chi connectivity index (χ3v) is 5.47. The minimum Gasteiger partial charge on any atom is -0.503 e. The number of aromatic hydroxyl groups is 2. The van der Waals surface area contributed by atoms with Crippen LogP contribution in [0.2, 0.25) is 0 Å². The van der Waals surface area contributed by atoms with Crippen molar-refractivity contribution in [3.63, 3.8) is 0 Å². The SMILES string of the molecule is COc1ccc(C(=O)c2c(O)c(O)n(-c3ccc(-c4ccon4)cc3)c2-c2ccccn2)cc1. The summed E-state index contributed by atoms with van der Waals surface area (Å²) in [5, 5.41) is 25.7. The molecule has 0 amide bonds. The number of aromatic nitrogens is 3. The lowest BCUT2D eigenvalue weighted by molar-refractivity contribution is 0.103. The van der Waals surface area contributed by atoms with Crippen LogP contribution >= 0.6 is 0 Å². The third kappa shape index (κ3) is 3.57. The number of nitrogens with zero attached hydrogens (tertiary/aromatic N) is 3. The van der Waals surface area contributed by atoms with Crippen molar-refractivity contribution in [3.8, 4) is 45.7 Å². The number of methoxy groups -OCH3 is 1. The molecule has 0 atom stereocenters. The molecule has 2 N–H and O–H groups in total. The van der Waals surface area contributed by atoms with Crippen molar-refractivity contribution in [1.29, 1.82) is 0 Å². The predicted octanol–water partition coefficient (Wildman–Crippen LogP) is 4.85. The normalized spacial score (nSPS) is 10.9. The van der Waals surface area contributed by atoms with Crippen LogP contribution in [-0.2, 0) is 0 Å². The number of carbonyl (C=O) groups excluding carboxylic acids is 1. The lowest BCUT2D eigenvalue weighted by atomic mass is 10.0. The van der Waals surface area contributed by atoms with Crippen LogP contribution in [0.3, 0.4) is 0 Å². The largest absolute Gasteiger partial charge is 0.503 e. The Labute approximate surface area is 194 Å². The fourth-order valence-corrected chi connectivity index (χ4v) is 3.79. The highest BCUT2D eigenvalue weighted by molar-refractivity contribution is 6.15. The standard InChI is InChI=1S/C26H19N3O5/c1-33-19-11-7-17(8-12-19)24(30)22-23(21-4-2-3-14-27-21)29(26(32)25(22)31)18-9-5-16(6-10-18)20-13-15-34-28-20/h2-15,31-32H,1H3. The van der Waals surface area contributed by atoms with Crippen molar-refractivity contribution in [3.05, 3.63) is 96.4 Å². The van der Waals surface area contributed by atoms with Gasteiger partial charge in [0.2, 0.25) is 5.88 Å². The molecule has 8 nitrogen and oxygen atoms in total. The second kappa shape index (κ2) is 8.59. The number of rotatable bonds is 6. The molecular formula is C26H19N3O5. The van der Waals surface area contributed by atoms with Crippen LogP contribution in [0.5, 0.6) is 17.4 Å². The molecule has 0 fully saturated rings. The average Bonchev–Trinajstić information content (AvgIpc) is 3.52. The first-order valence-corrected chi connectivity index (χ1v) is 10.4. The molecule has 8 heteroatoms. The Morgan fingerprint density at radius 3 is 2.32 bits per heavy atom. The van der Waals surface area contributed by atoms with Gasteiger partial charge in [0.25, 0.3) is 0 Å². The topological polar surface area (TPSA) is 111 Å². The van der Waals surface area contributed by atoms with Gasteiger partial charge in [0.05, 0.1) is 24.1 Å². The highest BCUT2D eigenvalue weighted by Gasteiger charge is 2.30. The number of pyridine rings is 1. The Kier molecular flexibility index (Phi) is 5.31. The maximum atomic E-state index is 13.5. The zero-order chi connectivity index (χ0) is 23.7. The molecule has 0 radical (unpaired) electrons. The fraction of sp³-hybridized carbons (Fsp3) is 0.0385. The zero-order valence-corrected chi connectivity index (χ0v) is 18.0. The molecule has 0 aliphatic heterocycles. The molecule has 0 unspecified atom stereocenters. The molecule has 5 aromatic rings. The van der Waals surface area contributed by atoms with E-state index in [-0.39, 0.29) is 11.3 Å². The van der Waals surface area contributed by atoms with E-state index in [0.29, 0.717) is 28.4 Å². The summed E-state index contributed by atoms with van der Waals surface area (Å²) in [5.41, 5.74) is 2.94. The molecule has 34 heavy (non-hydrogen) atoms. The summed E-state index contributed by atoms with van der Waals surface area (Å²) in [4.78, 5) is 17.9. The highest BCUT2D eigenvalue weighted by Crippen LogP contribution is 2.43. The minimum absolute atomic E-state index is 0.0538. The van der Waals surface area contributed by atoms with Gasteiger partial charge in [0, 0.05) is 29.1 Å². The maximum absolute atomic E-state index is 13.5. The summed E-state index contributed by atoms with van der Waals surface area (Å²) in [6.45, 7) is 0. The smallest absolute Gasteiger partial charge is 0.240 e. The van der Waals surface area contributed by atoms with Crippen molar-refractivity contribution < 1.29 is 24.3 Å². The Bertz CT molecular complexity index is 1440. The Balaban J connectivity index is 1.69. The minimum atomic E-state index is -0.526. The van der Waals surface area contributed by atoms with Crippen molar-refractivity contribution in [2.75, 3.05) is 7.11 Å². The molecule has 5 rings (SSSR count). The molecule has 0 aliphatic rings. The molecule has 168 valence electrons. The highest BCUT2D eigenvalue weighted by atomic mass is 16.5. The molecule has 0 saturated heterocycles. The predicted molar refractivity (Wildman–Crippen MR) is 124 cm³/mol. The molecule has 0 bridgehead atoms. The molecule has 0 aliphatic carbocycles. The summed E-state index contributed by atoms with van der Waals surface area (Å²) in [6, 6.07) is 20.6. The van der Waals surface area contributed by atoms with Gasteiger partial charge in [-0.1, -0.05) is 23.4 Å². The average molecular weight is 453 g/mol. The van der Waals surface area contributed by atoms with E-state index in [1.54, 1.807) is 79.0 Å². The maximum Gasteiger partial charge on any atom is 0.240 e. The van der Waals surface area contributed by atoms with E-state index >= 15 is 0 Å². The zero-order valence-electron chi connectivity index (χ0n) is 18.0. The van der Waals surface area contributed by atoms with Crippen LogP contribution in [0.4, 0.5) is 0 Å². The van der Waals surface area contributed by atoms with Crippen molar-refractivity contribution in [2.45, 2.75) is 0 Å². The molecular weight excluding hydrogens is 434 g/mol. The summed E-state index contributed by atoms with van der Waals surface area (Å²) in [7, 11) is 1.54. The second-order valence-electron chi connectivity index (χ2n) is 7.44.